The lowest BCUT2D eigenvalue weighted by Crippen LogP contribution is -2.58. The minimum Gasteiger partial charge on any atom is -0.323 e. The van der Waals surface area contributed by atoms with Crippen LogP contribution in [0.15, 0.2) is 87.2 Å². The molecule has 9 nitrogen and oxygen atoms in total. The molecule has 0 unspecified atom stereocenters. The third-order valence-electron chi connectivity index (χ3n) is 9.58. The minimum atomic E-state index is -0.527. The van der Waals surface area contributed by atoms with Crippen molar-refractivity contribution >= 4 is 0 Å². The van der Waals surface area contributed by atoms with E-state index in [1.54, 1.807) is 0 Å². The number of hydrogen-bond acceptors (Lipinski definition) is 3. The van der Waals surface area contributed by atoms with Crippen molar-refractivity contribution in [2.24, 2.45) is 0 Å². The predicted octanol–water partition coefficient (Wildman–Crippen LogP) is 3.93. The number of likely N-dealkylation sites (N-methyl/N-ethyl adjacent to an activating group) is 3. The smallest absolute Gasteiger partial charge is 0.323 e. The van der Waals surface area contributed by atoms with Crippen molar-refractivity contribution in [2.45, 2.75) is 60.0 Å². The maximum atomic E-state index is 14.0. The molecule has 0 radical (unpaired) electrons. The van der Waals surface area contributed by atoms with E-state index in [-0.39, 0.29) is 19.6 Å². The Labute approximate surface area is 286 Å². The van der Waals surface area contributed by atoms with E-state index in [0.717, 1.165) is 19.6 Å². The van der Waals surface area contributed by atoms with Gasteiger partial charge < -0.3 is 13.4 Å². The second kappa shape index (κ2) is 15.0. The molecule has 0 saturated carbocycles. The van der Waals surface area contributed by atoms with Gasteiger partial charge in [-0.15, -0.1) is 0 Å². The molecule has 4 rings (SSSR count). The first-order valence-electron chi connectivity index (χ1n) is 17.0. The van der Waals surface area contributed by atoms with Crippen LogP contribution in [0.3, 0.4) is 0 Å². The second-order valence-electron chi connectivity index (χ2n) is 15.6. The molecule has 0 aliphatic heterocycles. The number of hydrogen-bond donors (Lipinski definition) is 0. The third-order valence-corrected chi connectivity index (χ3v) is 9.58. The van der Waals surface area contributed by atoms with E-state index in [4.69, 9.17) is 0 Å². The maximum Gasteiger partial charge on any atom is 0.336 e. The summed E-state index contributed by atoms with van der Waals surface area (Å²) in [5, 5.41) is 0. The summed E-state index contributed by atoms with van der Waals surface area (Å²) < 4.78 is 5.66. The summed E-state index contributed by atoms with van der Waals surface area (Å²) in [6.07, 6.45) is 0. The number of aryl methyl sites for hydroxylation is 3. The van der Waals surface area contributed by atoms with Gasteiger partial charge in [-0.2, -0.15) is 0 Å². The van der Waals surface area contributed by atoms with Gasteiger partial charge in [0.05, 0.1) is 81.6 Å². The average Bonchev–Trinajstić information content (AvgIpc) is 2.98. The highest BCUT2D eigenvalue weighted by Gasteiger charge is 2.25. The number of quaternary nitrogens is 3. The molecule has 0 fully saturated rings. The molecule has 48 heavy (non-hydrogen) atoms. The van der Waals surface area contributed by atoms with Crippen LogP contribution in [-0.4, -0.2) is 89.1 Å². The van der Waals surface area contributed by atoms with Crippen LogP contribution in [0.4, 0.5) is 0 Å². The molecule has 0 bridgehead atoms. The van der Waals surface area contributed by atoms with Crippen molar-refractivity contribution in [3.05, 3.63) is 138 Å². The van der Waals surface area contributed by atoms with Gasteiger partial charge in [-0.1, -0.05) is 78.4 Å². The van der Waals surface area contributed by atoms with Gasteiger partial charge in [-0.25, -0.2) is 28.1 Å². The maximum absolute atomic E-state index is 14.0. The van der Waals surface area contributed by atoms with Crippen molar-refractivity contribution in [1.29, 1.82) is 0 Å². The minimum absolute atomic E-state index is 0.222. The van der Waals surface area contributed by atoms with Gasteiger partial charge in [-0.3, -0.25) is 0 Å². The van der Waals surface area contributed by atoms with Crippen LogP contribution >= 0.6 is 0 Å². The molecule has 0 aliphatic rings. The molecule has 3 aromatic carbocycles. The Bertz CT molecular complexity index is 1800. The zero-order valence-electron chi connectivity index (χ0n) is 30.7. The molecule has 1 aromatic heterocycles. The summed E-state index contributed by atoms with van der Waals surface area (Å²) in [4.78, 5) is 42.0. The van der Waals surface area contributed by atoms with Crippen LogP contribution in [0, 0.1) is 20.8 Å². The Morgan fingerprint density at radius 2 is 0.854 bits per heavy atom. The van der Waals surface area contributed by atoms with Gasteiger partial charge in [-0.05, 0) is 31.9 Å². The van der Waals surface area contributed by atoms with Crippen molar-refractivity contribution in [3.8, 4) is 0 Å². The zero-order chi connectivity index (χ0) is 35.3. The zero-order valence-corrected chi connectivity index (χ0v) is 30.7. The second-order valence-corrected chi connectivity index (χ2v) is 15.6. The Kier molecular flexibility index (Phi) is 11.5. The molecule has 0 spiro atoms. The number of benzene rings is 3. The Hall–Kier alpha value is -4.05. The number of aromatic nitrogens is 3. The van der Waals surface area contributed by atoms with Gasteiger partial charge in [0.2, 0.25) is 0 Å². The fraction of sp³-hybridized carbons (Fsp3) is 0.462. The van der Waals surface area contributed by atoms with Crippen LogP contribution < -0.4 is 17.1 Å². The molecular weight excluding hydrogens is 600 g/mol. The fourth-order valence-electron chi connectivity index (χ4n) is 6.41. The highest BCUT2D eigenvalue weighted by molar-refractivity contribution is 5.25. The van der Waals surface area contributed by atoms with Crippen molar-refractivity contribution in [2.75, 3.05) is 61.9 Å². The van der Waals surface area contributed by atoms with E-state index in [9.17, 15) is 14.4 Å². The number of nitrogens with zero attached hydrogens (tertiary/aromatic N) is 6. The molecule has 0 atom stereocenters. The molecule has 0 amide bonds. The van der Waals surface area contributed by atoms with E-state index < -0.39 is 17.1 Å². The van der Waals surface area contributed by atoms with Gasteiger partial charge in [0.15, 0.2) is 0 Å². The fourth-order valence-corrected chi connectivity index (χ4v) is 6.41. The summed E-state index contributed by atoms with van der Waals surface area (Å²) in [5.41, 5.74) is 5.73. The molecule has 0 N–H and O–H groups in total. The quantitative estimate of drug-likeness (QED) is 0.182. The summed E-state index contributed by atoms with van der Waals surface area (Å²) in [5.74, 6) is 0. The summed E-state index contributed by atoms with van der Waals surface area (Å²) in [6.45, 7) is 10.9. The monoisotopic (exact) mass is 657 g/mol. The van der Waals surface area contributed by atoms with E-state index in [0.29, 0.717) is 33.1 Å². The van der Waals surface area contributed by atoms with Gasteiger partial charge in [0.25, 0.3) is 0 Å². The van der Waals surface area contributed by atoms with Crippen LogP contribution in [0.25, 0.3) is 0 Å². The van der Waals surface area contributed by atoms with E-state index in [2.05, 4.69) is 112 Å². The first-order valence-corrected chi connectivity index (χ1v) is 17.0. The first-order chi connectivity index (χ1) is 22.5. The van der Waals surface area contributed by atoms with Crippen molar-refractivity contribution < 1.29 is 13.4 Å². The SMILES string of the molecule is Cc1cccc(C[N+](C)(C)CCn2c(=O)n(CC[N+](C)(C)Cc3ccccc3C)c(=O)n(CC[N+](C)(C)Cc3ccccc3C)c2=O)c1. The summed E-state index contributed by atoms with van der Waals surface area (Å²) in [7, 11) is 12.7. The third kappa shape index (κ3) is 9.75. The van der Waals surface area contributed by atoms with Crippen LogP contribution in [0.1, 0.15) is 33.4 Å². The highest BCUT2D eigenvalue weighted by atomic mass is 16.2. The molecule has 4 aromatic rings. The van der Waals surface area contributed by atoms with E-state index in [1.165, 1.54) is 47.1 Å². The molecule has 9 heteroatoms. The molecule has 0 aliphatic carbocycles. The van der Waals surface area contributed by atoms with E-state index in [1.807, 2.05) is 24.3 Å². The lowest BCUT2D eigenvalue weighted by Gasteiger charge is -2.32. The molecule has 258 valence electrons. The van der Waals surface area contributed by atoms with Crippen molar-refractivity contribution in [1.82, 2.24) is 13.7 Å². The topological polar surface area (TPSA) is 66.0 Å². The average molecular weight is 658 g/mol. The largest absolute Gasteiger partial charge is 0.336 e. The lowest BCUT2D eigenvalue weighted by atomic mass is 10.1. The van der Waals surface area contributed by atoms with Gasteiger partial charge >= 0.3 is 17.1 Å². The van der Waals surface area contributed by atoms with Gasteiger partial charge in [0, 0.05) is 16.7 Å². The predicted molar refractivity (Wildman–Crippen MR) is 195 cm³/mol. The molecular formula is C39H57N6O3+3. The Morgan fingerprint density at radius 1 is 0.479 bits per heavy atom. The summed E-state index contributed by atoms with van der Waals surface area (Å²) in [6, 6.07) is 25.0. The number of rotatable bonds is 15. The normalized spacial score (nSPS) is 12.4. The van der Waals surface area contributed by atoms with Crippen molar-refractivity contribution in [3.63, 3.8) is 0 Å². The Balaban J connectivity index is 1.64. The van der Waals surface area contributed by atoms with Gasteiger partial charge in [0.1, 0.15) is 19.6 Å². The summed E-state index contributed by atoms with van der Waals surface area (Å²) >= 11 is 0. The van der Waals surface area contributed by atoms with Crippen LogP contribution in [0.2, 0.25) is 0 Å². The Morgan fingerprint density at radius 3 is 1.23 bits per heavy atom. The standard InChI is InChI=1S/C39H57N6O3/c1-31-15-14-18-34(27-31)28-43(4,5)24-21-40-37(46)41(22-25-44(6,7)29-35-19-12-10-16-32(35)2)39(48)42(38(40)47)23-26-45(8,9)30-36-20-13-11-17-33(36)3/h10-20,27H,21-26,28-30H2,1-9H3/q+3. The first kappa shape index (κ1) is 36.8. The van der Waals surface area contributed by atoms with E-state index >= 15 is 0 Å². The molecule has 0 saturated heterocycles. The van der Waals surface area contributed by atoms with Crippen LogP contribution in [-0.2, 0) is 39.3 Å². The highest BCUT2D eigenvalue weighted by Crippen LogP contribution is 2.15. The molecule has 1 heterocycles. The lowest BCUT2D eigenvalue weighted by molar-refractivity contribution is -0.904. The van der Waals surface area contributed by atoms with Crippen LogP contribution in [0.5, 0.6) is 0 Å².